The van der Waals surface area contributed by atoms with Gasteiger partial charge < -0.3 is 15.4 Å². The van der Waals surface area contributed by atoms with Crippen LogP contribution in [-0.2, 0) is 4.79 Å². The van der Waals surface area contributed by atoms with Gasteiger partial charge in [0.15, 0.2) is 10.8 Å². The smallest absolute Gasteiger partial charge is 0.236 e. The molecule has 0 spiro atoms. The van der Waals surface area contributed by atoms with Gasteiger partial charge >= 0.3 is 0 Å². The van der Waals surface area contributed by atoms with Crippen molar-refractivity contribution in [2.75, 3.05) is 10.2 Å². The van der Waals surface area contributed by atoms with Crippen LogP contribution in [0.3, 0.4) is 0 Å². The van der Waals surface area contributed by atoms with E-state index in [9.17, 15) is 4.79 Å². The van der Waals surface area contributed by atoms with Crippen molar-refractivity contribution >= 4 is 50.5 Å². The molecule has 1 amide bonds. The Morgan fingerprint density at radius 1 is 1.12 bits per heavy atom. The molecule has 2 aliphatic heterocycles. The maximum atomic E-state index is 13.9. The van der Waals surface area contributed by atoms with Crippen molar-refractivity contribution in [2.24, 2.45) is 5.92 Å². The Morgan fingerprint density at radius 2 is 1.85 bits per heavy atom. The van der Waals surface area contributed by atoms with Gasteiger partial charge in [0.25, 0.3) is 0 Å². The number of nitrogens with zero attached hydrogens (tertiary/aromatic N) is 1. The van der Waals surface area contributed by atoms with Crippen molar-refractivity contribution in [3.8, 4) is 5.75 Å². The summed E-state index contributed by atoms with van der Waals surface area (Å²) in [4.78, 5) is 15.8. The first-order valence-corrected chi connectivity index (χ1v) is 12.0. The molecule has 2 bridgehead atoms. The minimum Gasteiger partial charge on any atom is -0.467 e. The fourth-order valence-electron chi connectivity index (χ4n) is 4.87. The number of halogens is 1. The molecule has 3 atom stereocenters. The standard InChI is InChI=1S/C26H24BrN3O2S/c1-15-8-13-20(16(2)14-15)28-24(31)22-23-19-6-4-5-7-21(19)32-26(22,3)30(25(33)29-23)18-11-9-17(27)10-12-18/h4-14,22-23H,1-3H3,(H,28,31)(H,29,33)/t22-,23+,26-/m0/s1. The van der Waals surface area contributed by atoms with E-state index in [4.69, 9.17) is 17.0 Å². The van der Waals surface area contributed by atoms with Gasteiger partial charge in [0.2, 0.25) is 5.91 Å². The van der Waals surface area contributed by atoms with Crippen LogP contribution >= 0.6 is 28.1 Å². The summed E-state index contributed by atoms with van der Waals surface area (Å²) in [6.07, 6.45) is 0. The quantitative estimate of drug-likeness (QED) is 0.422. The second-order valence-corrected chi connectivity index (χ2v) is 10.0. The van der Waals surface area contributed by atoms with Gasteiger partial charge in [-0.05, 0) is 75.0 Å². The van der Waals surface area contributed by atoms with Crippen LogP contribution in [0.5, 0.6) is 5.75 Å². The SMILES string of the molecule is Cc1ccc(NC(=O)[C@@H]2[C@@H]3NC(=S)N(c4ccc(Br)cc4)[C@@]2(C)Oc2ccccc23)c(C)c1. The number of amides is 1. The fourth-order valence-corrected chi connectivity index (χ4v) is 5.55. The zero-order chi connectivity index (χ0) is 23.3. The Bertz CT molecular complexity index is 1260. The highest BCUT2D eigenvalue weighted by Gasteiger charge is 2.59. The molecular formula is C26H24BrN3O2S. The van der Waals surface area contributed by atoms with Crippen LogP contribution in [0.4, 0.5) is 11.4 Å². The number of anilines is 2. The van der Waals surface area contributed by atoms with Crippen molar-refractivity contribution in [3.05, 3.63) is 87.9 Å². The summed E-state index contributed by atoms with van der Waals surface area (Å²) >= 11 is 9.29. The average molecular weight is 522 g/mol. The van der Waals surface area contributed by atoms with Crippen LogP contribution in [0, 0.1) is 19.8 Å². The topological polar surface area (TPSA) is 53.6 Å². The van der Waals surface area contributed by atoms with Crippen LogP contribution in [0.15, 0.2) is 71.2 Å². The van der Waals surface area contributed by atoms with Gasteiger partial charge in [0.1, 0.15) is 11.7 Å². The van der Waals surface area contributed by atoms with E-state index in [2.05, 4.69) is 32.6 Å². The molecule has 3 aromatic carbocycles. The van der Waals surface area contributed by atoms with Gasteiger partial charge in [-0.1, -0.05) is 51.8 Å². The lowest BCUT2D eigenvalue weighted by Crippen LogP contribution is -2.72. The second-order valence-electron chi connectivity index (χ2n) is 8.72. The van der Waals surface area contributed by atoms with Crippen molar-refractivity contribution in [3.63, 3.8) is 0 Å². The van der Waals surface area contributed by atoms with Crippen molar-refractivity contribution < 1.29 is 9.53 Å². The Kier molecular flexibility index (Phi) is 5.41. The van der Waals surface area contributed by atoms with Crippen molar-refractivity contribution in [1.29, 1.82) is 0 Å². The third-order valence-electron chi connectivity index (χ3n) is 6.41. The predicted octanol–water partition coefficient (Wildman–Crippen LogP) is 5.87. The Balaban J connectivity index is 1.61. The first-order valence-electron chi connectivity index (χ1n) is 10.8. The number of benzene rings is 3. The van der Waals surface area contributed by atoms with Gasteiger partial charge in [-0.3, -0.25) is 9.69 Å². The minimum absolute atomic E-state index is 0.124. The summed E-state index contributed by atoms with van der Waals surface area (Å²) in [6.45, 7) is 5.98. The molecule has 33 heavy (non-hydrogen) atoms. The molecule has 5 nitrogen and oxygen atoms in total. The van der Waals surface area contributed by atoms with Gasteiger partial charge in [0.05, 0.1) is 6.04 Å². The molecule has 0 aliphatic carbocycles. The predicted molar refractivity (Wildman–Crippen MR) is 139 cm³/mol. The van der Waals surface area contributed by atoms with E-state index in [1.165, 1.54) is 0 Å². The number of para-hydroxylation sites is 1. The van der Waals surface area contributed by atoms with Gasteiger partial charge in [-0.15, -0.1) is 0 Å². The van der Waals surface area contributed by atoms with Crippen LogP contribution in [0.25, 0.3) is 0 Å². The number of carbonyl (C=O) groups is 1. The molecular weight excluding hydrogens is 498 g/mol. The van der Waals surface area contributed by atoms with Crippen molar-refractivity contribution in [1.82, 2.24) is 5.32 Å². The molecule has 7 heteroatoms. The van der Waals surface area contributed by atoms with E-state index < -0.39 is 11.6 Å². The lowest BCUT2D eigenvalue weighted by atomic mass is 9.78. The zero-order valence-electron chi connectivity index (χ0n) is 18.6. The summed E-state index contributed by atoms with van der Waals surface area (Å²) in [6, 6.07) is 21.4. The molecule has 2 aliphatic rings. The number of nitrogens with one attached hydrogen (secondary N) is 2. The number of thiocarbonyl (C=S) groups is 1. The second kappa shape index (κ2) is 8.15. The highest BCUT2D eigenvalue weighted by atomic mass is 79.9. The normalized spacial score (nSPS) is 23.3. The number of hydrogen-bond donors (Lipinski definition) is 2. The lowest BCUT2D eigenvalue weighted by Gasteiger charge is -2.56. The third-order valence-corrected chi connectivity index (χ3v) is 7.24. The number of aryl methyl sites for hydroxylation is 2. The minimum atomic E-state index is -1.03. The van der Waals surface area contributed by atoms with Crippen LogP contribution < -0.4 is 20.3 Å². The van der Waals surface area contributed by atoms with Crippen LogP contribution in [-0.4, -0.2) is 16.7 Å². The largest absolute Gasteiger partial charge is 0.467 e. The summed E-state index contributed by atoms with van der Waals surface area (Å²) in [5.74, 6) is 0.0576. The van der Waals surface area contributed by atoms with Gasteiger partial charge in [-0.2, -0.15) is 0 Å². The van der Waals surface area contributed by atoms with Crippen molar-refractivity contribution in [2.45, 2.75) is 32.5 Å². The summed E-state index contributed by atoms with van der Waals surface area (Å²) < 4.78 is 7.57. The van der Waals surface area contributed by atoms with Crippen LogP contribution in [0.2, 0.25) is 0 Å². The van der Waals surface area contributed by atoms with E-state index >= 15 is 0 Å². The number of fused-ring (bicyclic) bond motifs is 4. The van der Waals surface area contributed by atoms with E-state index in [1.54, 1.807) is 0 Å². The molecule has 1 fully saturated rings. The molecule has 3 aromatic rings. The highest BCUT2D eigenvalue weighted by molar-refractivity contribution is 9.10. The summed E-state index contributed by atoms with van der Waals surface area (Å²) in [5, 5.41) is 7.11. The molecule has 0 aromatic heterocycles. The molecule has 168 valence electrons. The number of ether oxygens (including phenoxy) is 1. The fraction of sp³-hybridized carbons (Fsp3) is 0.231. The number of rotatable bonds is 3. The van der Waals surface area contributed by atoms with Gasteiger partial charge in [0, 0.05) is 21.4 Å². The third kappa shape index (κ3) is 3.69. The van der Waals surface area contributed by atoms with Gasteiger partial charge in [-0.25, -0.2) is 0 Å². The lowest BCUT2D eigenvalue weighted by molar-refractivity contribution is -0.130. The highest BCUT2D eigenvalue weighted by Crippen LogP contribution is 2.49. The van der Waals surface area contributed by atoms with E-state index in [0.717, 1.165) is 38.3 Å². The Morgan fingerprint density at radius 3 is 2.58 bits per heavy atom. The zero-order valence-corrected chi connectivity index (χ0v) is 21.0. The molecule has 1 saturated heterocycles. The summed E-state index contributed by atoms with van der Waals surface area (Å²) in [7, 11) is 0. The van der Waals surface area contributed by atoms with E-state index in [1.807, 2.05) is 86.3 Å². The van der Waals surface area contributed by atoms with Crippen LogP contribution in [0.1, 0.15) is 29.7 Å². The molecule has 0 radical (unpaired) electrons. The summed E-state index contributed by atoms with van der Waals surface area (Å²) in [5.41, 5.74) is 3.71. The first-order chi connectivity index (χ1) is 15.8. The molecule has 0 saturated carbocycles. The number of carbonyl (C=O) groups excluding carboxylic acids is 1. The Hall–Kier alpha value is -2.90. The van der Waals surface area contributed by atoms with E-state index in [0.29, 0.717) is 5.11 Å². The molecule has 2 N–H and O–H groups in total. The maximum Gasteiger partial charge on any atom is 0.236 e. The van der Waals surface area contributed by atoms with E-state index in [-0.39, 0.29) is 11.9 Å². The maximum absolute atomic E-state index is 13.9. The average Bonchev–Trinajstić information content (AvgIpc) is 2.76. The monoisotopic (exact) mass is 521 g/mol. The molecule has 0 unspecified atom stereocenters. The first kappa shape index (κ1) is 21.9. The molecule has 2 heterocycles. The Labute approximate surface area is 207 Å². The number of hydrogen-bond acceptors (Lipinski definition) is 3. The molecule has 5 rings (SSSR count).